The zero-order valence-electron chi connectivity index (χ0n) is 14.7. The standard InChI is InChI=1S/C17H22N2O6S/c1-3-13-16(20)18-12-8-10(2)15(9-14(12)25-13)26(23,24)19-6-4-11(5-7-19)17(21)22/h8-9,11,13H,3-7H2,1-2H3,(H,18,20)(H,21,22)/t13-/m0/s1. The van der Waals surface area contributed by atoms with Crippen LogP contribution in [0.25, 0.3) is 0 Å². The molecule has 1 aromatic carbocycles. The summed E-state index contributed by atoms with van der Waals surface area (Å²) in [4.78, 5) is 23.1. The average Bonchev–Trinajstić information content (AvgIpc) is 2.60. The number of sulfonamides is 1. The van der Waals surface area contributed by atoms with Crippen molar-refractivity contribution in [1.29, 1.82) is 0 Å². The predicted molar refractivity (Wildman–Crippen MR) is 93.6 cm³/mol. The second-order valence-corrected chi connectivity index (χ2v) is 8.54. The molecule has 0 aliphatic carbocycles. The molecule has 142 valence electrons. The van der Waals surface area contributed by atoms with Crippen LogP contribution in [0.4, 0.5) is 5.69 Å². The molecule has 1 amide bonds. The number of ether oxygens (including phenoxy) is 1. The molecule has 2 heterocycles. The van der Waals surface area contributed by atoms with Gasteiger partial charge in [-0.25, -0.2) is 8.42 Å². The van der Waals surface area contributed by atoms with Gasteiger partial charge < -0.3 is 15.2 Å². The number of nitrogens with zero attached hydrogens (tertiary/aromatic N) is 1. The lowest BCUT2D eigenvalue weighted by atomic mass is 9.99. The van der Waals surface area contributed by atoms with E-state index in [1.165, 1.54) is 10.4 Å². The minimum absolute atomic E-state index is 0.121. The highest BCUT2D eigenvalue weighted by Crippen LogP contribution is 2.36. The molecular formula is C17H22N2O6S. The first-order valence-electron chi connectivity index (χ1n) is 8.59. The number of aryl methyl sites for hydroxylation is 1. The number of carboxylic acids is 1. The minimum Gasteiger partial charge on any atom is -0.481 e. The van der Waals surface area contributed by atoms with Crippen molar-refractivity contribution in [1.82, 2.24) is 4.31 Å². The van der Waals surface area contributed by atoms with Crippen LogP contribution in [0.15, 0.2) is 17.0 Å². The highest BCUT2D eigenvalue weighted by atomic mass is 32.2. The van der Waals surface area contributed by atoms with Gasteiger partial charge in [-0.2, -0.15) is 4.31 Å². The maximum Gasteiger partial charge on any atom is 0.306 e. The zero-order valence-corrected chi connectivity index (χ0v) is 15.5. The van der Waals surface area contributed by atoms with Gasteiger partial charge in [0.2, 0.25) is 10.0 Å². The highest BCUT2D eigenvalue weighted by molar-refractivity contribution is 7.89. The number of benzene rings is 1. The summed E-state index contributed by atoms with van der Waals surface area (Å²) >= 11 is 0. The number of piperidine rings is 1. The molecule has 2 aliphatic heterocycles. The van der Waals surface area contributed by atoms with Gasteiger partial charge in [-0.05, 0) is 37.8 Å². The molecule has 3 rings (SSSR count). The smallest absolute Gasteiger partial charge is 0.306 e. The van der Waals surface area contributed by atoms with Crippen molar-refractivity contribution in [3.8, 4) is 5.75 Å². The van der Waals surface area contributed by atoms with Crippen molar-refractivity contribution >= 4 is 27.6 Å². The van der Waals surface area contributed by atoms with Crippen LogP contribution >= 0.6 is 0 Å². The number of aliphatic carboxylic acids is 1. The van der Waals surface area contributed by atoms with Gasteiger partial charge in [-0.1, -0.05) is 6.92 Å². The molecule has 1 saturated heterocycles. The van der Waals surface area contributed by atoms with Gasteiger partial charge in [0.05, 0.1) is 16.5 Å². The topological polar surface area (TPSA) is 113 Å². The van der Waals surface area contributed by atoms with Crippen LogP contribution in [-0.4, -0.2) is 48.9 Å². The Hall–Kier alpha value is -2.13. The zero-order chi connectivity index (χ0) is 19.1. The van der Waals surface area contributed by atoms with Crippen molar-refractivity contribution in [3.05, 3.63) is 17.7 Å². The molecule has 0 spiro atoms. The van der Waals surface area contributed by atoms with Crippen LogP contribution in [0.3, 0.4) is 0 Å². The lowest BCUT2D eigenvalue weighted by Gasteiger charge is -2.31. The molecule has 0 unspecified atom stereocenters. The molecule has 0 saturated carbocycles. The average molecular weight is 382 g/mol. The van der Waals surface area contributed by atoms with Gasteiger partial charge >= 0.3 is 5.97 Å². The summed E-state index contributed by atoms with van der Waals surface area (Å²) in [6.07, 6.45) is 0.419. The summed E-state index contributed by atoms with van der Waals surface area (Å²) in [5.74, 6) is -1.30. The number of carbonyl (C=O) groups excluding carboxylic acids is 1. The Kier molecular flexibility index (Phi) is 4.94. The molecule has 26 heavy (non-hydrogen) atoms. The fourth-order valence-electron chi connectivity index (χ4n) is 3.31. The number of carboxylic acid groups (broad SMARTS) is 1. The van der Waals surface area contributed by atoms with Gasteiger partial charge in [-0.3, -0.25) is 9.59 Å². The molecule has 8 nitrogen and oxygen atoms in total. The Bertz CT molecular complexity index is 843. The van der Waals surface area contributed by atoms with E-state index in [0.29, 0.717) is 36.3 Å². The number of hydrogen-bond donors (Lipinski definition) is 2. The number of nitrogens with one attached hydrogen (secondary N) is 1. The SMILES string of the molecule is CC[C@@H]1Oc2cc(S(=O)(=O)N3CCC(C(=O)O)CC3)c(C)cc2NC1=O. The maximum absolute atomic E-state index is 13.0. The molecule has 2 aliphatic rings. The fraction of sp³-hybridized carbons (Fsp3) is 0.529. The van der Waals surface area contributed by atoms with Crippen molar-refractivity contribution in [2.75, 3.05) is 18.4 Å². The van der Waals surface area contributed by atoms with Crippen molar-refractivity contribution < 1.29 is 27.9 Å². The number of amides is 1. The lowest BCUT2D eigenvalue weighted by Crippen LogP contribution is -2.40. The lowest BCUT2D eigenvalue weighted by molar-refractivity contribution is -0.143. The van der Waals surface area contributed by atoms with Crippen molar-refractivity contribution in [2.24, 2.45) is 5.92 Å². The predicted octanol–water partition coefficient (Wildman–Crippen LogP) is 1.59. The summed E-state index contributed by atoms with van der Waals surface area (Å²) in [5, 5.41) is 11.8. The van der Waals surface area contributed by atoms with Gasteiger partial charge in [-0.15, -0.1) is 0 Å². The van der Waals surface area contributed by atoms with Crippen molar-refractivity contribution in [3.63, 3.8) is 0 Å². The van der Waals surface area contributed by atoms with E-state index in [0.717, 1.165) is 0 Å². The number of carbonyl (C=O) groups is 2. The highest BCUT2D eigenvalue weighted by Gasteiger charge is 2.34. The first-order valence-corrected chi connectivity index (χ1v) is 10.0. The summed E-state index contributed by atoms with van der Waals surface area (Å²) in [7, 11) is -3.77. The maximum atomic E-state index is 13.0. The quantitative estimate of drug-likeness (QED) is 0.818. The first-order chi connectivity index (χ1) is 12.2. The molecule has 0 aromatic heterocycles. The summed E-state index contributed by atoms with van der Waals surface area (Å²) in [5.41, 5.74) is 0.962. The fourth-order valence-corrected chi connectivity index (χ4v) is 5.00. The Morgan fingerprint density at radius 2 is 2.00 bits per heavy atom. The van der Waals surface area contributed by atoms with Gasteiger partial charge in [0.25, 0.3) is 5.91 Å². The molecule has 1 aromatic rings. The van der Waals surface area contributed by atoms with Crippen LogP contribution in [0.5, 0.6) is 5.75 Å². The first kappa shape index (κ1) is 18.7. The Morgan fingerprint density at radius 3 is 2.58 bits per heavy atom. The summed E-state index contributed by atoms with van der Waals surface area (Å²) in [6, 6.07) is 3.04. The van der Waals surface area contributed by atoms with Gasteiger partial charge in [0.15, 0.2) is 6.10 Å². The van der Waals surface area contributed by atoms with Gasteiger partial charge in [0.1, 0.15) is 5.75 Å². The van der Waals surface area contributed by atoms with E-state index >= 15 is 0 Å². The molecule has 9 heteroatoms. The second kappa shape index (κ2) is 6.88. The normalized spacial score (nSPS) is 21.6. The van der Waals surface area contributed by atoms with E-state index in [1.54, 1.807) is 13.0 Å². The van der Waals surface area contributed by atoms with E-state index in [-0.39, 0.29) is 23.9 Å². The second-order valence-electron chi connectivity index (χ2n) is 6.63. The van der Waals surface area contributed by atoms with E-state index in [2.05, 4.69) is 5.32 Å². The third-order valence-electron chi connectivity index (χ3n) is 4.89. The molecular weight excluding hydrogens is 360 g/mol. The number of hydrogen-bond acceptors (Lipinski definition) is 5. The molecule has 0 radical (unpaired) electrons. The minimum atomic E-state index is -3.77. The van der Waals surface area contributed by atoms with Gasteiger partial charge in [0, 0.05) is 19.2 Å². The van der Waals surface area contributed by atoms with E-state index in [1.807, 2.05) is 6.92 Å². The Morgan fingerprint density at radius 1 is 1.35 bits per heavy atom. The largest absolute Gasteiger partial charge is 0.481 e. The van der Waals surface area contributed by atoms with Crippen molar-refractivity contribution in [2.45, 2.75) is 44.1 Å². The van der Waals surface area contributed by atoms with Crippen LogP contribution in [-0.2, 0) is 19.6 Å². The van der Waals surface area contributed by atoms with Crippen LogP contribution in [0.2, 0.25) is 0 Å². The van der Waals surface area contributed by atoms with E-state index in [9.17, 15) is 18.0 Å². The third-order valence-corrected chi connectivity index (χ3v) is 6.93. The Labute approximate surface area is 152 Å². The molecule has 2 N–H and O–H groups in total. The molecule has 1 atom stereocenters. The van der Waals surface area contributed by atoms with Crippen LogP contribution < -0.4 is 10.1 Å². The summed E-state index contributed by atoms with van der Waals surface area (Å²) in [6.45, 7) is 3.82. The third kappa shape index (κ3) is 3.28. The number of anilines is 1. The number of rotatable bonds is 4. The van der Waals surface area contributed by atoms with Crippen LogP contribution in [0, 0.1) is 12.8 Å². The van der Waals surface area contributed by atoms with E-state index in [4.69, 9.17) is 9.84 Å². The van der Waals surface area contributed by atoms with E-state index < -0.39 is 28.0 Å². The molecule has 1 fully saturated rings. The van der Waals surface area contributed by atoms with Crippen LogP contribution in [0.1, 0.15) is 31.7 Å². The Balaban J connectivity index is 1.89. The summed E-state index contributed by atoms with van der Waals surface area (Å²) < 4.78 is 33.0. The molecule has 0 bridgehead atoms. The monoisotopic (exact) mass is 382 g/mol. The number of fused-ring (bicyclic) bond motifs is 1.